The molecule has 5 heteroatoms. The second kappa shape index (κ2) is 6.24. The van der Waals surface area contributed by atoms with Crippen LogP contribution >= 0.6 is 0 Å². The highest BCUT2D eigenvalue weighted by molar-refractivity contribution is 5.80. The number of aromatic amines is 1. The van der Waals surface area contributed by atoms with E-state index < -0.39 is 0 Å². The van der Waals surface area contributed by atoms with Gasteiger partial charge in [0.05, 0.1) is 18.3 Å². The predicted molar refractivity (Wildman–Crippen MR) is 94.3 cm³/mol. The minimum atomic E-state index is 0.463. The SMILES string of the molecule is COc1nc2ccccc2cc1CNC1CCc2n[nH]c(C)c2C1. The van der Waals surface area contributed by atoms with Crippen LogP contribution in [-0.4, -0.2) is 28.3 Å². The lowest BCUT2D eigenvalue weighted by atomic mass is 9.91. The smallest absolute Gasteiger partial charge is 0.218 e. The summed E-state index contributed by atoms with van der Waals surface area (Å²) < 4.78 is 5.49. The fourth-order valence-corrected chi connectivity index (χ4v) is 3.51. The third-order valence-corrected chi connectivity index (χ3v) is 4.88. The Kier molecular flexibility index (Phi) is 3.94. The minimum Gasteiger partial charge on any atom is -0.481 e. The van der Waals surface area contributed by atoms with Gasteiger partial charge < -0.3 is 10.1 Å². The van der Waals surface area contributed by atoms with Crippen LogP contribution in [0.2, 0.25) is 0 Å². The summed E-state index contributed by atoms with van der Waals surface area (Å²) in [4.78, 5) is 4.62. The minimum absolute atomic E-state index is 0.463. The van der Waals surface area contributed by atoms with E-state index in [9.17, 15) is 0 Å². The van der Waals surface area contributed by atoms with Gasteiger partial charge in [0.2, 0.25) is 5.88 Å². The lowest BCUT2D eigenvalue weighted by Crippen LogP contribution is -2.34. The van der Waals surface area contributed by atoms with Crippen LogP contribution in [0.25, 0.3) is 10.9 Å². The van der Waals surface area contributed by atoms with Gasteiger partial charge in [-0.05, 0) is 43.9 Å². The first-order chi connectivity index (χ1) is 11.7. The summed E-state index contributed by atoms with van der Waals surface area (Å²) in [6.07, 6.45) is 3.17. The summed E-state index contributed by atoms with van der Waals surface area (Å²) in [5.74, 6) is 0.706. The zero-order valence-corrected chi connectivity index (χ0v) is 14.1. The van der Waals surface area contributed by atoms with E-state index in [2.05, 4.69) is 39.6 Å². The van der Waals surface area contributed by atoms with Crippen molar-refractivity contribution in [2.75, 3.05) is 7.11 Å². The molecule has 1 unspecified atom stereocenters. The van der Waals surface area contributed by atoms with Crippen molar-refractivity contribution in [1.29, 1.82) is 0 Å². The molecule has 3 aromatic rings. The third kappa shape index (κ3) is 2.76. The number of fused-ring (bicyclic) bond motifs is 2. The van der Waals surface area contributed by atoms with Crippen LogP contribution in [0.1, 0.15) is 28.9 Å². The van der Waals surface area contributed by atoms with Gasteiger partial charge >= 0.3 is 0 Å². The molecule has 124 valence electrons. The van der Waals surface area contributed by atoms with Gasteiger partial charge in [-0.3, -0.25) is 5.10 Å². The zero-order valence-electron chi connectivity index (χ0n) is 14.1. The van der Waals surface area contributed by atoms with Crippen LogP contribution in [-0.2, 0) is 19.4 Å². The molecular weight excluding hydrogens is 300 g/mol. The summed E-state index contributed by atoms with van der Waals surface area (Å²) >= 11 is 0. The van der Waals surface area contributed by atoms with Crippen LogP contribution in [0.3, 0.4) is 0 Å². The molecule has 5 nitrogen and oxygen atoms in total. The second-order valence-electron chi connectivity index (χ2n) is 6.44. The first-order valence-corrected chi connectivity index (χ1v) is 8.43. The summed E-state index contributed by atoms with van der Waals surface area (Å²) in [6, 6.07) is 10.8. The molecule has 1 aliphatic carbocycles. The zero-order chi connectivity index (χ0) is 16.5. The molecule has 1 aromatic carbocycles. The van der Waals surface area contributed by atoms with Crippen LogP contribution in [0.5, 0.6) is 5.88 Å². The van der Waals surface area contributed by atoms with E-state index in [0.717, 1.165) is 42.3 Å². The summed E-state index contributed by atoms with van der Waals surface area (Å²) in [5, 5.41) is 12.3. The van der Waals surface area contributed by atoms with Crippen molar-refractivity contribution in [2.45, 2.75) is 38.8 Å². The number of pyridine rings is 1. The predicted octanol–water partition coefficient (Wildman–Crippen LogP) is 2.92. The monoisotopic (exact) mass is 322 g/mol. The van der Waals surface area contributed by atoms with Gasteiger partial charge in [0, 0.05) is 29.2 Å². The van der Waals surface area contributed by atoms with Crippen molar-refractivity contribution in [1.82, 2.24) is 20.5 Å². The number of benzene rings is 1. The number of nitrogens with zero attached hydrogens (tertiary/aromatic N) is 2. The Bertz CT molecular complexity index is 871. The Hall–Kier alpha value is -2.40. The maximum absolute atomic E-state index is 5.49. The van der Waals surface area contributed by atoms with E-state index in [-0.39, 0.29) is 0 Å². The first-order valence-electron chi connectivity index (χ1n) is 8.43. The molecule has 1 atom stereocenters. The van der Waals surface area contributed by atoms with E-state index in [1.165, 1.54) is 17.0 Å². The van der Waals surface area contributed by atoms with Gasteiger partial charge in [-0.25, -0.2) is 4.98 Å². The standard InChI is InChI=1S/C19H22N4O/c1-12-16-10-15(7-8-18(16)23-22-12)20-11-14-9-13-5-3-4-6-17(13)21-19(14)24-2/h3-6,9,15,20H,7-8,10-11H2,1-2H3,(H,22,23). The highest BCUT2D eigenvalue weighted by Crippen LogP contribution is 2.24. The van der Waals surface area contributed by atoms with Crippen molar-refractivity contribution in [3.05, 3.63) is 52.8 Å². The van der Waals surface area contributed by atoms with Crippen molar-refractivity contribution in [3.8, 4) is 5.88 Å². The van der Waals surface area contributed by atoms with Crippen molar-refractivity contribution in [3.63, 3.8) is 0 Å². The molecule has 24 heavy (non-hydrogen) atoms. The Morgan fingerprint density at radius 3 is 3.08 bits per heavy atom. The van der Waals surface area contributed by atoms with Crippen LogP contribution in [0, 0.1) is 6.92 Å². The average Bonchev–Trinajstić information content (AvgIpc) is 2.99. The topological polar surface area (TPSA) is 62.8 Å². The lowest BCUT2D eigenvalue weighted by molar-refractivity contribution is 0.387. The average molecular weight is 322 g/mol. The quantitative estimate of drug-likeness (QED) is 0.775. The molecule has 0 fully saturated rings. The number of hydrogen-bond donors (Lipinski definition) is 2. The van der Waals surface area contributed by atoms with Gasteiger partial charge in [0.1, 0.15) is 0 Å². The van der Waals surface area contributed by atoms with E-state index in [4.69, 9.17) is 4.74 Å². The molecule has 1 aliphatic rings. The summed E-state index contributed by atoms with van der Waals surface area (Å²) in [7, 11) is 1.68. The van der Waals surface area contributed by atoms with Gasteiger partial charge in [-0.15, -0.1) is 0 Å². The van der Waals surface area contributed by atoms with Crippen LogP contribution < -0.4 is 10.1 Å². The fourth-order valence-electron chi connectivity index (χ4n) is 3.51. The normalized spacial score (nSPS) is 17.0. The molecule has 0 aliphatic heterocycles. The van der Waals surface area contributed by atoms with Crippen LogP contribution in [0.4, 0.5) is 0 Å². The van der Waals surface area contributed by atoms with Crippen molar-refractivity contribution in [2.24, 2.45) is 0 Å². The van der Waals surface area contributed by atoms with E-state index in [0.29, 0.717) is 11.9 Å². The number of nitrogens with one attached hydrogen (secondary N) is 2. The van der Waals surface area contributed by atoms with Gasteiger partial charge in [0.25, 0.3) is 0 Å². The van der Waals surface area contributed by atoms with Gasteiger partial charge in [0.15, 0.2) is 0 Å². The number of para-hydroxylation sites is 1. The molecule has 0 bridgehead atoms. The number of aryl methyl sites for hydroxylation is 2. The number of rotatable bonds is 4. The summed E-state index contributed by atoms with van der Waals surface area (Å²) in [5.41, 5.74) is 5.87. The lowest BCUT2D eigenvalue weighted by Gasteiger charge is -2.23. The molecule has 2 aromatic heterocycles. The molecule has 4 rings (SSSR count). The Balaban J connectivity index is 1.52. The molecule has 2 N–H and O–H groups in total. The first kappa shape index (κ1) is 15.1. The highest BCUT2D eigenvalue weighted by atomic mass is 16.5. The Morgan fingerprint density at radius 1 is 1.33 bits per heavy atom. The number of H-pyrrole nitrogens is 1. The Labute approximate surface area is 141 Å². The molecule has 0 spiro atoms. The summed E-state index contributed by atoms with van der Waals surface area (Å²) in [6.45, 7) is 2.86. The van der Waals surface area contributed by atoms with Gasteiger partial charge in [-0.2, -0.15) is 5.10 Å². The number of hydrogen-bond acceptors (Lipinski definition) is 4. The maximum atomic E-state index is 5.49. The number of aromatic nitrogens is 3. The Morgan fingerprint density at radius 2 is 2.21 bits per heavy atom. The highest BCUT2D eigenvalue weighted by Gasteiger charge is 2.22. The van der Waals surface area contributed by atoms with Crippen molar-refractivity contribution < 1.29 is 4.74 Å². The molecular formula is C19H22N4O. The maximum Gasteiger partial charge on any atom is 0.218 e. The molecule has 0 saturated heterocycles. The van der Waals surface area contributed by atoms with E-state index in [1.807, 2.05) is 18.2 Å². The van der Waals surface area contributed by atoms with E-state index >= 15 is 0 Å². The molecule has 2 heterocycles. The van der Waals surface area contributed by atoms with Crippen LogP contribution in [0.15, 0.2) is 30.3 Å². The second-order valence-corrected chi connectivity index (χ2v) is 6.44. The van der Waals surface area contributed by atoms with Crippen molar-refractivity contribution >= 4 is 10.9 Å². The fraction of sp³-hybridized carbons (Fsp3) is 0.368. The number of ether oxygens (including phenoxy) is 1. The van der Waals surface area contributed by atoms with E-state index in [1.54, 1.807) is 7.11 Å². The molecule has 0 radical (unpaired) electrons. The third-order valence-electron chi connectivity index (χ3n) is 4.88. The number of methoxy groups -OCH3 is 1. The molecule has 0 amide bonds. The molecule has 0 saturated carbocycles. The largest absolute Gasteiger partial charge is 0.481 e. The van der Waals surface area contributed by atoms with Gasteiger partial charge in [-0.1, -0.05) is 18.2 Å².